The molecule has 1 heterocycles. The molecule has 0 fully saturated rings. The van der Waals surface area contributed by atoms with Gasteiger partial charge in [0.25, 0.3) is 6.43 Å². The number of H-pyrrole nitrogens is 1. The van der Waals surface area contributed by atoms with Crippen molar-refractivity contribution < 1.29 is 8.78 Å². The van der Waals surface area contributed by atoms with Crippen LogP contribution in [0.3, 0.4) is 0 Å². The molecule has 0 saturated carbocycles. The number of nitrogens with zero attached hydrogens (tertiary/aromatic N) is 1. The summed E-state index contributed by atoms with van der Waals surface area (Å²) in [6.45, 7) is 0. The van der Waals surface area contributed by atoms with E-state index in [-0.39, 0.29) is 5.56 Å². The molecule has 0 spiro atoms. The zero-order chi connectivity index (χ0) is 10.1. The van der Waals surface area contributed by atoms with Crippen molar-refractivity contribution in [2.45, 2.75) is 11.8 Å². The highest BCUT2D eigenvalue weighted by Crippen LogP contribution is 2.27. The van der Waals surface area contributed by atoms with Crippen LogP contribution in [0.4, 0.5) is 8.78 Å². The lowest BCUT2D eigenvalue weighted by Gasteiger charge is -2.05. The van der Waals surface area contributed by atoms with Gasteiger partial charge in [0.2, 0.25) is 0 Å². The van der Waals surface area contributed by atoms with Gasteiger partial charge in [-0.3, -0.25) is 0 Å². The molecule has 1 N–H and O–H groups in total. The summed E-state index contributed by atoms with van der Waals surface area (Å²) >= 11 is 3.18. The number of aromatic amines is 1. The van der Waals surface area contributed by atoms with Crippen LogP contribution < -0.4 is 0 Å². The number of rotatable bonds is 2. The van der Waals surface area contributed by atoms with Crippen molar-refractivity contribution in [1.29, 1.82) is 0 Å². The zero-order valence-electron chi connectivity index (χ0n) is 7.10. The van der Waals surface area contributed by atoms with Crippen LogP contribution in [0.5, 0.6) is 0 Å². The Morgan fingerprint density at radius 2 is 2.21 bits per heavy atom. The minimum absolute atomic E-state index is 0.0430. The molecule has 0 atom stereocenters. The quantitative estimate of drug-likeness (QED) is 0.824. The number of alkyl halides is 3. The van der Waals surface area contributed by atoms with Gasteiger partial charge in [0.15, 0.2) is 0 Å². The summed E-state index contributed by atoms with van der Waals surface area (Å²) < 4.78 is 25.2. The lowest BCUT2D eigenvalue weighted by Crippen LogP contribution is -1.92. The van der Waals surface area contributed by atoms with E-state index >= 15 is 0 Å². The lowest BCUT2D eigenvalue weighted by molar-refractivity contribution is 0.150. The summed E-state index contributed by atoms with van der Waals surface area (Å²) in [6.07, 6.45) is -0.957. The molecule has 14 heavy (non-hydrogen) atoms. The number of imidazole rings is 1. The smallest absolute Gasteiger partial charge is 0.264 e. The number of hydrogen-bond acceptors (Lipinski definition) is 1. The molecule has 1 aromatic carbocycles. The highest BCUT2D eigenvalue weighted by atomic mass is 79.9. The van der Waals surface area contributed by atoms with Gasteiger partial charge in [-0.05, 0) is 17.7 Å². The van der Waals surface area contributed by atoms with Crippen LogP contribution in [0.25, 0.3) is 11.0 Å². The number of aromatic nitrogens is 2. The van der Waals surface area contributed by atoms with Crippen LogP contribution >= 0.6 is 15.9 Å². The Balaban J connectivity index is 2.66. The first kappa shape index (κ1) is 9.58. The van der Waals surface area contributed by atoms with E-state index in [9.17, 15) is 8.78 Å². The van der Waals surface area contributed by atoms with E-state index in [2.05, 4.69) is 25.9 Å². The van der Waals surface area contributed by atoms with Gasteiger partial charge in [0.05, 0.1) is 17.4 Å². The summed E-state index contributed by atoms with van der Waals surface area (Å²) in [5.41, 5.74) is 1.99. The first-order valence-corrected chi connectivity index (χ1v) is 5.14. The fourth-order valence-electron chi connectivity index (χ4n) is 1.36. The highest BCUT2D eigenvalue weighted by Gasteiger charge is 2.14. The van der Waals surface area contributed by atoms with Crippen molar-refractivity contribution in [2.24, 2.45) is 0 Å². The summed E-state index contributed by atoms with van der Waals surface area (Å²) in [5.74, 6) is 0. The Kier molecular flexibility index (Phi) is 2.50. The van der Waals surface area contributed by atoms with E-state index in [1.165, 1.54) is 12.4 Å². The van der Waals surface area contributed by atoms with Gasteiger partial charge in [-0.1, -0.05) is 15.9 Å². The molecule has 0 amide bonds. The number of halogens is 3. The summed E-state index contributed by atoms with van der Waals surface area (Å²) in [7, 11) is 0. The summed E-state index contributed by atoms with van der Waals surface area (Å²) in [5, 5.41) is 0.418. The van der Waals surface area contributed by atoms with Crippen molar-refractivity contribution in [3.05, 3.63) is 29.6 Å². The Bertz CT molecular complexity index is 453. The average Bonchev–Trinajstić information content (AvgIpc) is 2.62. The van der Waals surface area contributed by atoms with Crippen LogP contribution in [0.1, 0.15) is 17.6 Å². The first-order valence-electron chi connectivity index (χ1n) is 4.02. The van der Waals surface area contributed by atoms with E-state index in [1.54, 1.807) is 6.07 Å². The maximum Gasteiger partial charge on any atom is 0.264 e. The maximum atomic E-state index is 12.6. The monoisotopic (exact) mass is 260 g/mol. The molecule has 2 aromatic rings. The number of fused-ring (bicyclic) bond motifs is 1. The van der Waals surface area contributed by atoms with E-state index < -0.39 is 6.43 Å². The van der Waals surface area contributed by atoms with Crippen LogP contribution in [0.2, 0.25) is 0 Å². The zero-order valence-corrected chi connectivity index (χ0v) is 8.68. The van der Waals surface area contributed by atoms with Crippen LogP contribution in [-0.2, 0) is 5.33 Å². The largest absolute Gasteiger partial charge is 0.345 e. The second kappa shape index (κ2) is 3.65. The molecule has 0 saturated heterocycles. The maximum absolute atomic E-state index is 12.6. The third kappa shape index (κ3) is 1.52. The molecule has 2 nitrogen and oxygen atoms in total. The van der Waals surface area contributed by atoms with Gasteiger partial charge in [-0.15, -0.1) is 0 Å². The molecule has 0 aliphatic heterocycles. The van der Waals surface area contributed by atoms with E-state index in [1.807, 2.05) is 0 Å². The van der Waals surface area contributed by atoms with Crippen molar-refractivity contribution in [3.63, 3.8) is 0 Å². The molecular weight excluding hydrogens is 254 g/mol. The molecule has 0 radical (unpaired) electrons. The van der Waals surface area contributed by atoms with Crippen molar-refractivity contribution in [1.82, 2.24) is 9.97 Å². The molecule has 2 rings (SSSR count). The first-order chi connectivity index (χ1) is 6.72. The fourth-order valence-corrected chi connectivity index (χ4v) is 1.85. The van der Waals surface area contributed by atoms with Crippen LogP contribution in [0, 0.1) is 0 Å². The normalized spacial score (nSPS) is 11.4. The number of hydrogen-bond donors (Lipinski definition) is 1. The lowest BCUT2D eigenvalue weighted by atomic mass is 10.1. The summed E-state index contributed by atoms with van der Waals surface area (Å²) in [4.78, 5) is 6.82. The number of nitrogens with one attached hydrogen (secondary N) is 1. The van der Waals surface area contributed by atoms with Gasteiger partial charge in [0.1, 0.15) is 0 Å². The molecular formula is C9H7BrF2N2. The van der Waals surface area contributed by atoms with Gasteiger partial charge >= 0.3 is 0 Å². The second-order valence-corrected chi connectivity index (χ2v) is 3.47. The van der Waals surface area contributed by atoms with Gasteiger partial charge in [-0.2, -0.15) is 0 Å². The molecule has 0 aliphatic carbocycles. The van der Waals surface area contributed by atoms with Crippen molar-refractivity contribution >= 4 is 27.0 Å². The molecule has 1 aromatic heterocycles. The average molecular weight is 261 g/mol. The predicted octanol–water partition coefficient (Wildman–Crippen LogP) is 3.40. The molecule has 74 valence electrons. The fraction of sp³-hybridized carbons (Fsp3) is 0.222. The molecule has 0 aliphatic rings. The topological polar surface area (TPSA) is 28.7 Å². The Morgan fingerprint density at radius 3 is 2.86 bits per heavy atom. The predicted molar refractivity (Wildman–Crippen MR) is 53.7 cm³/mol. The van der Waals surface area contributed by atoms with E-state index in [0.717, 1.165) is 5.52 Å². The third-order valence-electron chi connectivity index (χ3n) is 2.06. The van der Waals surface area contributed by atoms with Gasteiger partial charge < -0.3 is 4.98 Å². The molecule has 0 unspecified atom stereocenters. The highest BCUT2D eigenvalue weighted by molar-refractivity contribution is 9.08. The number of benzene rings is 1. The second-order valence-electron chi connectivity index (χ2n) is 2.91. The van der Waals surface area contributed by atoms with Crippen LogP contribution in [0.15, 0.2) is 18.5 Å². The van der Waals surface area contributed by atoms with Gasteiger partial charge in [-0.25, -0.2) is 13.8 Å². The standard InChI is InChI=1S/C9H7BrF2N2/c10-3-5-1-7-8(14-4-13-7)2-6(5)9(11)12/h1-2,4,9H,3H2,(H,13,14). The van der Waals surface area contributed by atoms with Crippen molar-refractivity contribution in [3.8, 4) is 0 Å². The third-order valence-corrected chi connectivity index (χ3v) is 2.66. The van der Waals surface area contributed by atoms with Gasteiger partial charge in [0, 0.05) is 10.9 Å². The van der Waals surface area contributed by atoms with E-state index in [0.29, 0.717) is 16.4 Å². The summed E-state index contributed by atoms with van der Waals surface area (Å²) in [6, 6.07) is 3.12. The Morgan fingerprint density at radius 1 is 1.43 bits per heavy atom. The minimum Gasteiger partial charge on any atom is -0.345 e. The molecule has 5 heteroatoms. The van der Waals surface area contributed by atoms with E-state index in [4.69, 9.17) is 0 Å². The van der Waals surface area contributed by atoms with Crippen LogP contribution in [-0.4, -0.2) is 9.97 Å². The van der Waals surface area contributed by atoms with Crippen molar-refractivity contribution in [2.75, 3.05) is 0 Å². The minimum atomic E-state index is -2.45. The SMILES string of the molecule is FC(F)c1cc2nc[nH]c2cc1CBr. The Hall–Kier alpha value is -0.970. The molecule has 0 bridgehead atoms. The Labute approximate surface area is 87.5 Å².